The molecule has 25 heteroatoms. The lowest BCUT2D eigenvalue weighted by molar-refractivity contribution is 0.197. The van der Waals surface area contributed by atoms with E-state index in [-0.39, 0.29) is 56.1 Å². The number of aromatic nitrogens is 3. The van der Waals surface area contributed by atoms with Crippen molar-refractivity contribution in [2.24, 2.45) is 0 Å². The normalized spacial score (nSPS) is 12.1. The van der Waals surface area contributed by atoms with Gasteiger partial charge in [-0.1, -0.05) is 12.1 Å². The zero-order valence-electron chi connectivity index (χ0n) is 45.5. The van der Waals surface area contributed by atoms with Crippen LogP contribution in [0.25, 0.3) is 32.3 Å². The number of aryl methyl sites for hydroxylation is 1. The van der Waals surface area contributed by atoms with Crippen molar-refractivity contribution in [3.8, 4) is 0 Å². The summed E-state index contributed by atoms with van der Waals surface area (Å²) in [4.78, 5) is 84.9. The number of nitrogens with one attached hydrogen (secondary N) is 6. The molecule has 0 aliphatic rings. The van der Waals surface area contributed by atoms with Crippen LogP contribution in [0.5, 0.6) is 0 Å². The summed E-state index contributed by atoms with van der Waals surface area (Å²) in [6, 6.07) is 14.5. The van der Waals surface area contributed by atoms with Crippen LogP contribution in [-0.4, -0.2) is 68.4 Å². The van der Waals surface area contributed by atoms with Crippen molar-refractivity contribution in [1.82, 2.24) is 29.7 Å². The van der Waals surface area contributed by atoms with Gasteiger partial charge in [0.25, 0.3) is 16.7 Å². The molecule has 9 rings (SSSR count). The molecule has 3 aromatic heterocycles. The first-order valence-electron chi connectivity index (χ1n) is 25.3. The topological polar surface area (TPSA) is 196 Å². The number of H-pyrrole nitrogens is 3. The Balaban J connectivity index is 0.000000181. The Morgan fingerprint density at radius 3 is 1.19 bits per heavy atom. The molecule has 3 atom stereocenters. The van der Waals surface area contributed by atoms with E-state index in [1.807, 2.05) is 0 Å². The first-order valence-corrected chi connectivity index (χ1v) is 25.3. The predicted molar refractivity (Wildman–Crippen MR) is 298 cm³/mol. The molecule has 9 aromatic rings. The van der Waals surface area contributed by atoms with Crippen molar-refractivity contribution in [1.29, 1.82) is 0 Å². The van der Waals surface area contributed by atoms with Crippen LogP contribution in [0.2, 0.25) is 0 Å². The molecular weight excluding hydrogens is 1120 g/mol. The molecule has 0 fully saturated rings. The van der Waals surface area contributed by atoms with Crippen LogP contribution in [0.4, 0.5) is 75.3 Å². The van der Waals surface area contributed by atoms with Crippen LogP contribution in [0.15, 0.2) is 130 Å². The second-order valence-electron chi connectivity index (χ2n) is 19.1. The van der Waals surface area contributed by atoms with Crippen LogP contribution in [0.1, 0.15) is 68.1 Å². The fourth-order valence-electron chi connectivity index (χ4n) is 8.85. The highest BCUT2D eigenvalue weighted by Crippen LogP contribution is 2.31. The van der Waals surface area contributed by atoms with E-state index in [2.05, 4.69) is 30.9 Å². The van der Waals surface area contributed by atoms with E-state index in [9.17, 15) is 72.7 Å². The van der Waals surface area contributed by atoms with Crippen LogP contribution in [0, 0.1) is 65.1 Å². The standard InChI is InChI=1S/C20H17F4N3O2.C20H18F3N3O2.C19H16F3N3O2/c1-3-27(20(29)26-11-4-5-15(21)16(22)6-11)10(2)14-9-25-19(28)13-8-18(24)17(23)7-12(13)14;1-10-6-12(4-5-16(10)21)25-20(28)26(3)11(2)15-9-24-19(27)14-8-18(23)17(22)7-13(14)15;1-10(25(2)19(27)24-17-6-4-3-5-14(17)20)13-9-23-18(26)12-8-16(22)15(21)7-11(12)13/h4-10H,3H2,1-2H3,(H,25,28)(H,26,29);4-9,11H,1-3H3,(H,24,27)(H,25,28);3-10H,1-2H3,(H,23,26)(H,24,27). The number of para-hydroxylation sites is 1. The molecule has 0 radical (unpaired) electrons. The number of rotatable bonds is 10. The van der Waals surface area contributed by atoms with Gasteiger partial charge in [0.05, 0.1) is 40.0 Å². The van der Waals surface area contributed by atoms with Gasteiger partial charge in [-0.05, 0) is 152 Å². The van der Waals surface area contributed by atoms with Gasteiger partial charge in [-0.3, -0.25) is 14.4 Å². The Kier molecular flexibility index (Phi) is 19.0. The number of urea groups is 3. The lowest BCUT2D eigenvalue weighted by Crippen LogP contribution is -2.37. The van der Waals surface area contributed by atoms with Crippen LogP contribution in [0.3, 0.4) is 0 Å². The van der Waals surface area contributed by atoms with Crippen LogP contribution >= 0.6 is 0 Å². The minimum absolute atomic E-state index is 0.00813. The highest BCUT2D eigenvalue weighted by atomic mass is 19.2. The zero-order valence-corrected chi connectivity index (χ0v) is 45.5. The molecule has 0 saturated carbocycles. The fraction of sp³-hybridized carbons (Fsp3) is 0.186. The van der Waals surface area contributed by atoms with Gasteiger partial charge < -0.3 is 45.6 Å². The number of carbonyl (C=O) groups is 3. The largest absolute Gasteiger partial charge is 0.328 e. The number of amides is 6. The van der Waals surface area contributed by atoms with Crippen molar-refractivity contribution in [2.75, 3.05) is 36.6 Å². The molecule has 0 bridgehead atoms. The molecule has 6 aromatic carbocycles. The highest BCUT2D eigenvalue weighted by Gasteiger charge is 2.26. The van der Waals surface area contributed by atoms with Crippen LogP contribution in [-0.2, 0) is 0 Å². The summed E-state index contributed by atoms with van der Waals surface area (Å²) >= 11 is 0. The number of carbonyl (C=O) groups excluding carboxylic acids is 3. The maximum atomic E-state index is 13.8. The van der Waals surface area contributed by atoms with Gasteiger partial charge in [0, 0.05) is 56.7 Å². The third-order valence-corrected chi connectivity index (χ3v) is 13.8. The number of pyridine rings is 3. The molecule has 438 valence electrons. The third kappa shape index (κ3) is 13.5. The number of aromatic amines is 3. The Labute approximate surface area is 470 Å². The van der Waals surface area contributed by atoms with Crippen molar-refractivity contribution >= 4 is 67.5 Å². The van der Waals surface area contributed by atoms with Crippen molar-refractivity contribution in [2.45, 2.75) is 52.7 Å². The summed E-state index contributed by atoms with van der Waals surface area (Å²) in [5, 5.41) is 8.05. The first kappa shape index (κ1) is 61.7. The SMILES string of the molecule is CC(c1c[nH]c(=O)c2cc(F)c(F)cc12)N(C)C(=O)Nc1ccccc1F.CCN(C(=O)Nc1ccc(F)c(F)c1)C(C)c1c[nH]c(=O)c2cc(F)c(F)cc12.Cc1cc(NC(=O)N(C)C(C)c2c[nH]c(=O)c3cc(F)c(F)cc23)ccc1F. The van der Waals surface area contributed by atoms with E-state index in [0.29, 0.717) is 27.9 Å². The van der Waals surface area contributed by atoms with Crippen molar-refractivity contribution in [3.05, 3.63) is 227 Å². The van der Waals surface area contributed by atoms with Gasteiger partial charge in [-0.25, -0.2) is 58.3 Å². The molecule has 84 heavy (non-hydrogen) atoms. The first-order chi connectivity index (χ1) is 39.7. The Morgan fingerprint density at radius 1 is 0.429 bits per heavy atom. The molecule has 3 heterocycles. The third-order valence-electron chi connectivity index (χ3n) is 13.8. The Hall–Kier alpha value is -9.94. The molecular formula is C59H51F10N9O6. The molecule has 15 nitrogen and oxygen atoms in total. The summed E-state index contributed by atoms with van der Waals surface area (Å²) in [7, 11) is 2.99. The van der Waals surface area contributed by atoms with Crippen molar-refractivity contribution < 1.29 is 58.3 Å². The number of hydrogen-bond acceptors (Lipinski definition) is 6. The quantitative estimate of drug-likeness (QED) is 0.0737. The van der Waals surface area contributed by atoms with E-state index < -0.39 is 105 Å². The second kappa shape index (κ2) is 25.9. The van der Waals surface area contributed by atoms with Gasteiger partial charge in [0.1, 0.15) is 11.6 Å². The lowest BCUT2D eigenvalue weighted by Gasteiger charge is -2.29. The maximum Gasteiger partial charge on any atom is 0.322 e. The summed E-state index contributed by atoms with van der Waals surface area (Å²) in [6.07, 6.45) is 4.05. The van der Waals surface area contributed by atoms with E-state index in [0.717, 1.165) is 48.5 Å². The van der Waals surface area contributed by atoms with Gasteiger partial charge in [0.15, 0.2) is 46.5 Å². The highest BCUT2D eigenvalue weighted by molar-refractivity contribution is 5.93. The molecule has 0 spiro atoms. The molecule has 3 unspecified atom stereocenters. The Morgan fingerprint density at radius 2 is 0.786 bits per heavy atom. The van der Waals surface area contributed by atoms with Gasteiger partial charge >= 0.3 is 18.1 Å². The minimum Gasteiger partial charge on any atom is -0.328 e. The van der Waals surface area contributed by atoms with Gasteiger partial charge in [-0.15, -0.1) is 0 Å². The summed E-state index contributed by atoms with van der Waals surface area (Å²) in [6.45, 7) is 8.45. The average molecular weight is 1170 g/mol. The van der Waals surface area contributed by atoms with Crippen LogP contribution < -0.4 is 32.6 Å². The molecule has 0 aliphatic carbocycles. The maximum absolute atomic E-state index is 13.8. The predicted octanol–water partition coefficient (Wildman–Crippen LogP) is 13.3. The smallest absolute Gasteiger partial charge is 0.322 e. The van der Waals surface area contributed by atoms with Gasteiger partial charge in [-0.2, -0.15) is 0 Å². The number of halogens is 10. The molecule has 6 N–H and O–H groups in total. The van der Waals surface area contributed by atoms with E-state index in [1.54, 1.807) is 40.7 Å². The second-order valence-corrected chi connectivity index (χ2v) is 19.1. The number of hydrogen-bond donors (Lipinski definition) is 6. The average Bonchev–Trinajstić information content (AvgIpc) is 1.77. The van der Waals surface area contributed by atoms with Crippen molar-refractivity contribution in [3.63, 3.8) is 0 Å². The van der Waals surface area contributed by atoms with E-state index in [4.69, 9.17) is 0 Å². The number of nitrogens with zero attached hydrogens (tertiary/aromatic N) is 3. The molecule has 0 aliphatic heterocycles. The molecule has 0 saturated heterocycles. The molecule has 6 amide bonds. The zero-order chi connectivity index (χ0) is 61.6. The Bertz CT molecular complexity index is 4200. The number of benzene rings is 6. The summed E-state index contributed by atoms with van der Waals surface area (Å²) < 4.78 is 135. The monoisotopic (exact) mass is 1170 g/mol. The number of fused-ring (bicyclic) bond motifs is 3. The fourth-order valence-corrected chi connectivity index (χ4v) is 8.85. The van der Waals surface area contributed by atoms with E-state index in [1.165, 1.54) is 89.9 Å². The summed E-state index contributed by atoms with van der Waals surface area (Å²) in [5.74, 6) is -9.83. The van der Waals surface area contributed by atoms with E-state index >= 15 is 0 Å². The summed E-state index contributed by atoms with van der Waals surface area (Å²) in [5.41, 5.74) is 0.401. The lowest BCUT2D eigenvalue weighted by atomic mass is 10.0. The minimum atomic E-state index is -1.16. The number of anilines is 3. The van der Waals surface area contributed by atoms with Gasteiger partial charge in [0.2, 0.25) is 0 Å².